The Labute approximate surface area is 208 Å². The predicted molar refractivity (Wildman–Crippen MR) is 129 cm³/mol. The average molecular weight is 505 g/mol. The number of carbonyl (C=O) groups excluding carboxylic acids is 1. The lowest BCUT2D eigenvalue weighted by molar-refractivity contribution is -0.274. The van der Waals surface area contributed by atoms with Gasteiger partial charge in [-0.05, 0) is 79.0 Å². The van der Waals surface area contributed by atoms with E-state index in [1.807, 2.05) is 4.90 Å². The number of hydrogen-bond acceptors (Lipinski definition) is 3. The number of urea groups is 1. The van der Waals surface area contributed by atoms with Crippen molar-refractivity contribution in [2.75, 3.05) is 11.4 Å². The summed E-state index contributed by atoms with van der Waals surface area (Å²) in [7, 11) is 0. The Morgan fingerprint density at radius 2 is 1.61 bits per heavy atom. The number of anilines is 1. The summed E-state index contributed by atoms with van der Waals surface area (Å²) >= 11 is 0. The fourth-order valence-corrected chi connectivity index (χ4v) is 5.45. The second-order valence-corrected chi connectivity index (χ2v) is 10.9. The summed E-state index contributed by atoms with van der Waals surface area (Å²) in [5.41, 5.74) is 1.26. The Balaban J connectivity index is 1.60. The first kappa shape index (κ1) is 25.9. The van der Waals surface area contributed by atoms with Gasteiger partial charge in [-0.1, -0.05) is 32.9 Å². The molecule has 1 N–H and O–H groups in total. The fraction of sp³-hybridized carbons (Fsp3) is 0.481. The molecule has 1 heterocycles. The van der Waals surface area contributed by atoms with E-state index in [0.717, 1.165) is 31.2 Å². The lowest BCUT2D eigenvalue weighted by atomic mass is 9.67. The fourth-order valence-electron chi connectivity index (χ4n) is 5.45. The standard InChI is InChI=1S/C27H31F3N2O4/c1-25(2,3)20-12-14-26(15-13-20)17-31(21-8-10-22(11-9-21)36-27(28,29)30)24(35)32(26)16-18-4-6-19(7-5-18)23(33)34/h4-11,20H,12-17H2,1-3H3,(H,33,34)/t20-,26-. The van der Waals surface area contributed by atoms with Gasteiger partial charge in [0, 0.05) is 12.2 Å². The number of benzene rings is 2. The van der Waals surface area contributed by atoms with Crippen LogP contribution in [0, 0.1) is 11.3 Å². The highest BCUT2D eigenvalue weighted by Crippen LogP contribution is 2.47. The van der Waals surface area contributed by atoms with Gasteiger partial charge < -0.3 is 14.7 Å². The van der Waals surface area contributed by atoms with Crippen LogP contribution in [-0.4, -0.2) is 40.5 Å². The molecule has 1 aliphatic heterocycles. The van der Waals surface area contributed by atoms with E-state index in [4.69, 9.17) is 0 Å². The molecule has 36 heavy (non-hydrogen) atoms. The minimum Gasteiger partial charge on any atom is -0.478 e. The quantitative estimate of drug-likeness (QED) is 0.492. The van der Waals surface area contributed by atoms with Crippen LogP contribution in [0.15, 0.2) is 48.5 Å². The van der Waals surface area contributed by atoms with Gasteiger partial charge in [0.2, 0.25) is 0 Å². The molecule has 2 amide bonds. The van der Waals surface area contributed by atoms with Gasteiger partial charge >= 0.3 is 18.4 Å². The van der Waals surface area contributed by atoms with Crippen LogP contribution in [0.3, 0.4) is 0 Å². The molecule has 1 saturated heterocycles. The van der Waals surface area contributed by atoms with Gasteiger partial charge in [-0.15, -0.1) is 13.2 Å². The monoisotopic (exact) mass is 504 g/mol. The second-order valence-electron chi connectivity index (χ2n) is 10.9. The van der Waals surface area contributed by atoms with Gasteiger partial charge in [0.15, 0.2) is 0 Å². The van der Waals surface area contributed by atoms with Crippen LogP contribution in [0.2, 0.25) is 0 Å². The molecular formula is C27H31F3N2O4. The van der Waals surface area contributed by atoms with E-state index in [1.54, 1.807) is 17.0 Å². The summed E-state index contributed by atoms with van der Waals surface area (Å²) in [5.74, 6) is -0.823. The Morgan fingerprint density at radius 3 is 2.11 bits per heavy atom. The first-order valence-corrected chi connectivity index (χ1v) is 12.0. The van der Waals surface area contributed by atoms with Gasteiger partial charge in [-0.2, -0.15) is 0 Å². The van der Waals surface area contributed by atoms with Crippen molar-refractivity contribution in [1.82, 2.24) is 4.90 Å². The summed E-state index contributed by atoms with van der Waals surface area (Å²) in [6.45, 7) is 7.45. The predicted octanol–water partition coefficient (Wildman–Crippen LogP) is 6.70. The summed E-state index contributed by atoms with van der Waals surface area (Å²) in [5, 5.41) is 9.19. The van der Waals surface area contributed by atoms with E-state index in [1.165, 1.54) is 36.4 Å². The zero-order valence-electron chi connectivity index (χ0n) is 20.6. The van der Waals surface area contributed by atoms with Crippen molar-refractivity contribution < 1.29 is 32.6 Å². The molecule has 2 fully saturated rings. The maximum absolute atomic E-state index is 13.7. The van der Waals surface area contributed by atoms with Crippen molar-refractivity contribution in [3.63, 3.8) is 0 Å². The molecule has 6 nitrogen and oxygen atoms in total. The van der Waals surface area contributed by atoms with E-state index in [-0.39, 0.29) is 22.8 Å². The lowest BCUT2D eigenvalue weighted by Crippen LogP contribution is -2.50. The van der Waals surface area contributed by atoms with Crippen molar-refractivity contribution in [3.8, 4) is 5.75 Å². The van der Waals surface area contributed by atoms with Crippen LogP contribution in [0.1, 0.15) is 62.4 Å². The maximum Gasteiger partial charge on any atom is 0.573 e. The molecule has 9 heteroatoms. The minimum atomic E-state index is -4.78. The second kappa shape index (κ2) is 9.33. The van der Waals surface area contributed by atoms with Crippen LogP contribution in [0.25, 0.3) is 0 Å². The Kier molecular flexibility index (Phi) is 6.70. The van der Waals surface area contributed by atoms with E-state index in [0.29, 0.717) is 24.7 Å². The number of amides is 2. The molecule has 2 aliphatic rings. The van der Waals surface area contributed by atoms with E-state index < -0.39 is 17.9 Å². The van der Waals surface area contributed by atoms with Gasteiger partial charge in [0.1, 0.15) is 5.75 Å². The summed E-state index contributed by atoms with van der Waals surface area (Å²) in [4.78, 5) is 28.4. The number of aromatic carboxylic acids is 1. The Morgan fingerprint density at radius 1 is 1.03 bits per heavy atom. The first-order chi connectivity index (χ1) is 16.8. The summed E-state index contributed by atoms with van der Waals surface area (Å²) < 4.78 is 41.7. The normalized spacial score (nSPS) is 22.8. The van der Waals surface area contributed by atoms with Crippen molar-refractivity contribution in [3.05, 3.63) is 59.7 Å². The largest absolute Gasteiger partial charge is 0.573 e. The number of rotatable bonds is 5. The lowest BCUT2D eigenvalue weighted by Gasteiger charge is -2.45. The van der Waals surface area contributed by atoms with Crippen LogP contribution < -0.4 is 9.64 Å². The number of carboxylic acids is 1. The molecule has 0 atom stereocenters. The molecule has 0 radical (unpaired) electrons. The number of alkyl halides is 3. The molecule has 0 unspecified atom stereocenters. The van der Waals surface area contributed by atoms with Crippen LogP contribution in [0.4, 0.5) is 23.7 Å². The van der Waals surface area contributed by atoms with Crippen molar-refractivity contribution >= 4 is 17.7 Å². The Hall–Kier alpha value is -3.23. The topological polar surface area (TPSA) is 70.1 Å². The van der Waals surface area contributed by atoms with Crippen molar-refractivity contribution in [2.24, 2.45) is 11.3 Å². The van der Waals surface area contributed by atoms with E-state index in [2.05, 4.69) is 25.5 Å². The number of hydrogen-bond donors (Lipinski definition) is 1. The number of carboxylic acid groups (broad SMARTS) is 1. The molecule has 0 bridgehead atoms. The number of halogens is 3. The number of ether oxygens (including phenoxy) is 1. The molecule has 1 spiro atoms. The van der Waals surface area contributed by atoms with Gasteiger partial charge in [0.25, 0.3) is 0 Å². The molecule has 0 aromatic heterocycles. The molecule has 1 aliphatic carbocycles. The molecule has 4 rings (SSSR count). The molecule has 2 aromatic rings. The van der Waals surface area contributed by atoms with Gasteiger partial charge in [0.05, 0.1) is 17.6 Å². The molecule has 194 valence electrons. The third kappa shape index (κ3) is 5.44. The zero-order chi connectivity index (χ0) is 26.3. The van der Waals surface area contributed by atoms with Crippen molar-refractivity contribution in [1.29, 1.82) is 0 Å². The highest BCUT2D eigenvalue weighted by Gasteiger charge is 2.52. The average Bonchev–Trinajstić information content (AvgIpc) is 3.05. The van der Waals surface area contributed by atoms with Crippen LogP contribution in [-0.2, 0) is 6.54 Å². The SMILES string of the molecule is CC(C)(C)[C@H]1CC[C@]2(CC1)CN(c1ccc(OC(F)(F)F)cc1)C(=O)N2Cc1ccc(C(=O)O)cc1. The van der Waals surface area contributed by atoms with E-state index in [9.17, 15) is 27.9 Å². The third-order valence-electron chi connectivity index (χ3n) is 7.55. The summed E-state index contributed by atoms with van der Waals surface area (Å²) in [6, 6.07) is 11.7. The van der Waals surface area contributed by atoms with E-state index >= 15 is 0 Å². The molecular weight excluding hydrogens is 473 g/mol. The molecule has 1 saturated carbocycles. The van der Waals surface area contributed by atoms with Crippen LogP contribution >= 0.6 is 0 Å². The molecule has 2 aromatic carbocycles. The Bertz CT molecular complexity index is 1100. The number of nitrogens with zero attached hydrogens (tertiary/aromatic N) is 2. The highest BCUT2D eigenvalue weighted by molar-refractivity contribution is 5.95. The maximum atomic E-state index is 13.7. The van der Waals surface area contributed by atoms with Crippen LogP contribution in [0.5, 0.6) is 5.75 Å². The van der Waals surface area contributed by atoms with Crippen molar-refractivity contribution in [2.45, 2.75) is 64.9 Å². The zero-order valence-corrected chi connectivity index (χ0v) is 20.6. The third-order valence-corrected chi connectivity index (χ3v) is 7.55. The van der Waals surface area contributed by atoms with Gasteiger partial charge in [-0.3, -0.25) is 4.90 Å². The summed E-state index contributed by atoms with van der Waals surface area (Å²) in [6.07, 6.45) is -1.21. The first-order valence-electron chi connectivity index (χ1n) is 12.0. The minimum absolute atomic E-state index is 0.162. The number of carbonyl (C=O) groups is 2. The highest BCUT2D eigenvalue weighted by atomic mass is 19.4. The van der Waals surface area contributed by atoms with Gasteiger partial charge in [-0.25, -0.2) is 9.59 Å². The smallest absolute Gasteiger partial charge is 0.478 e.